The number of rotatable bonds is 6. The van der Waals surface area contributed by atoms with Crippen LogP contribution in [0.25, 0.3) is 10.6 Å². The predicted molar refractivity (Wildman–Crippen MR) is 99.7 cm³/mol. The summed E-state index contributed by atoms with van der Waals surface area (Å²) >= 11 is 0.940. The number of likely N-dealkylation sites (N-methyl/N-ethyl adjacent to an activating group) is 1. The number of aryl methyl sites for hydroxylation is 1. The van der Waals surface area contributed by atoms with Gasteiger partial charge in [0, 0.05) is 49.4 Å². The lowest BCUT2D eigenvalue weighted by Gasteiger charge is -2.19. The van der Waals surface area contributed by atoms with Gasteiger partial charge in [0.15, 0.2) is 11.3 Å². The third-order valence-electron chi connectivity index (χ3n) is 4.85. The number of hydrogen-bond donors (Lipinski definition) is 2. The fraction of sp³-hybridized carbons (Fsp3) is 0.368. The number of aromatic carboxylic acids is 1. The first-order valence-electron chi connectivity index (χ1n) is 8.70. The molecule has 2 N–H and O–H groups in total. The third kappa shape index (κ3) is 4.03. The van der Waals surface area contributed by atoms with Crippen LogP contribution in [0.5, 0.6) is 0 Å². The lowest BCUT2D eigenvalue weighted by Crippen LogP contribution is -2.40. The van der Waals surface area contributed by atoms with Crippen molar-refractivity contribution >= 4 is 29.0 Å². The Labute approximate surface area is 168 Å². The molecule has 29 heavy (non-hydrogen) atoms. The standard InChI is InChI=1S/C19H18F2N2O5S/c1-9-15(17(25)26)22-16(29-9)12-6-10(13(20)7-14(12)21)5-11(24)8-19(28)3-4-23(2)18(19)27/h6-7,28H,3-5,8H2,1-2H3,(H,25,26)/t19-/m1/s1. The van der Waals surface area contributed by atoms with Crippen LogP contribution in [0.4, 0.5) is 8.78 Å². The van der Waals surface area contributed by atoms with Crippen LogP contribution >= 0.6 is 11.3 Å². The number of Topliss-reactive ketones (excluding diaryl/α,β-unsaturated/α-hetero) is 1. The second-order valence-corrected chi connectivity index (χ2v) is 8.26. The maximum Gasteiger partial charge on any atom is 0.355 e. The lowest BCUT2D eigenvalue weighted by atomic mass is 9.92. The summed E-state index contributed by atoms with van der Waals surface area (Å²) in [7, 11) is 1.51. The topological polar surface area (TPSA) is 108 Å². The third-order valence-corrected chi connectivity index (χ3v) is 5.85. The van der Waals surface area contributed by atoms with Crippen molar-refractivity contribution in [1.82, 2.24) is 9.88 Å². The Kier molecular flexibility index (Phi) is 5.50. The van der Waals surface area contributed by atoms with Crippen LogP contribution in [0.2, 0.25) is 0 Å². The number of likely N-dealkylation sites (tertiary alicyclic amines) is 1. The Morgan fingerprint density at radius 1 is 1.31 bits per heavy atom. The van der Waals surface area contributed by atoms with E-state index in [4.69, 9.17) is 5.11 Å². The van der Waals surface area contributed by atoms with E-state index >= 15 is 0 Å². The van der Waals surface area contributed by atoms with E-state index in [0.29, 0.717) is 17.5 Å². The average Bonchev–Trinajstić information content (AvgIpc) is 3.13. The largest absolute Gasteiger partial charge is 0.476 e. The van der Waals surface area contributed by atoms with Crippen molar-refractivity contribution in [1.29, 1.82) is 0 Å². The van der Waals surface area contributed by atoms with Crippen molar-refractivity contribution in [3.63, 3.8) is 0 Å². The molecule has 0 radical (unpaired) electrons. The molecule has 1 aliphatic heterocycles. The van der Waals surface area contributed by atoms with E-state index in [1.807, 2.05) is 0 Å². The van der Waals surface area contributed by atoms with Gasteiger partial charge in [-0.2, -0.15) is 0 Å². The highest BCUT2D eigenvalue weighted by atomic mass is 32.1. The van der Waals surface area contributed by atoms with E-state index in [9.17, 15) is 28.3 Å². The number of thiazole rings is 1. The molecule has 10 heteroatoms. The zero-order valence-electron chi connectivity index (χ0n) is 15.7. The van der Waals surface area contributed by atoms with Crippen molar-refractivity contribution in [2.45, 2.75) is 31.8 Å². The number of halogens is 2. The molecule has 1 fully saturated rings. The highest BCUT2D eigenvalue weighted by Crippen LogP contribution is 2.32. The highest BCUT2D eigenvalue weighted by Gasteiger charge is 2.44. The number of carboxylic acids is 1. The Morgan fingerprint density at radius 2 is 2.00 bits per heavy atom. The smallest absolute Gasteiger partial charge is 0.355 e. The molecule has 1 atom stereocenters. The van der Waals surface area contributed by atoms with E-state index in [1.165, 1.54) is 18.9 Å². The molecule has 2 aromatic rings. The number of carboxylic acid groups (broad SMARTS) is 1. The van der Waals surface area contributed by atoms with Crippen molar-refractivity contribution in [2.75, 3.05) is 13.6 Å². The van der Waals surface area contributed by atoms with Gasteiger partial charge in [-0.25, -0.2) is 18.6 Å². The minimum Gasteiger partial charge on any atom is -0.476 e. The van der Waals surface area contributed by atoms with Crippen LogP contribution in [-0.4, -0.2) is 57.0 Å². The maximum atomic E-state index is 14.3. The summed E-state index contributed by atoms with van der Waals surface area (Å²) in [6.45, 7) is 1.83. The van der Waals surface area contributed by atoms with Gasteiger partial charge in [-0.3, -0.25) is 9.59 Å². The SMILES string of the molecule is Cc1sc(-c2cc(CC(=O)C[C@]3(O)CCN(C)C3=O)c(F)cc2F)nc1C(=O)O. The van der Waals surface area contributed by atoms with Crippen LogP contribution in [0, 0.1) is 18.6 Å². The number of carbonyl (C=O) groups excluding carboxylic acids is 2. The first kappa shape index (κ1) is 21.0. The molecule has 3 rings (SSSR count). The second kappa shape index (κ2) is 7.60. The van der Waals surface area contributed by atoms with Crippen LogP contribution in [-0.2, 0) is 16.0 Å². The van der Waals surface area contributed by atoms with Crippen LogP contribution in [0.15, 0.2) is 12.1 Å². The molecule has 0 unspecified atom stereocenters. The summed E-state index contributed by atoms with van der Waals surface area (Å²) in [6.07, 6.45) is -0.821. The summed E-state index contributed by atoms with van der Waals surface area (Å²) in [5.74, 6) is -4.29. The molecule has 2 heterocycles. The molecule has 1 saturated heterocycles. The molecule has 7 nitrogen and oxygen atoms in total. The molecular weight excluding hydrogens is 406 g/mol. The Hall–Kier alpha value is -2.72. The predicted octanol–water partition coefficient (Wildman–Crippen LogP) is 2.19. The highest BCUT2D eigenvalue weighted by molar-refractivity contribution is 7.15. The number of benzene rings is 1. The number of nitrogens with zero attached hydrogens (tertiary/aromatic N) is 2. The van der Waals surface area contributed by atoms with Crippen LogP contribution in [0.1, 0.15) is 33.8 Å². The van der Waals surface area contributed by atoms with Crippen molar-refractivity contribution in [3.05, 3.63) is 39.9 Å². The van der Waals surface area contributed by atoms with Gasteiger partial charge in [-0.15, -0.1) is 11.3 Å². The van der Waals surface area contributed by atoms with Crippen molar-refractivity contribution in [3.8, 4) is 10.6 Å². The number of aromatic nitrogens is 1. The fourth-order valence-electron chi connectivity index (χ4n) is 3.28. The van der Waals surface area contributed by atoms with Crippen LogP contribution < -0.4 is 0 Å². The number of ketones is 1. The summed E-state index contributed by atoms with van der Waals surface area (Å²) in [5.41, 5.74) is -2.28. The summed E-state index contributed by atoms with van der Waals surface area (Å²) < 4.78 is 28.5. The van der Waals surface area contributed by atoms with E-state index in [0.717, 1.165) is 17.4 Å². The van der Waals surface area contributed by atoms with Gasteiger partial charge in [0.2, 0.25) is 0 Å². The summed E-state index contributed by atoms with van der Waals surface area (Å²) in [6, 6.07) is 1.72. The van der Waals surface area contributed by atoms with E-state index in [2.05, 4.69) is 4.98 Å². The van der Waals surface area contributed by atoms with Crippen molar-refractivity contribution in [2.24, 2.45) is 0 Å². The van der Waals surface area contributed by atoms with E-state index in [1.54, 1.807) is 0 Å². The number of carbonyl (C=O) groups is 3. The molecule has 154 valence electrons. The maximum absolute atomic E-state index is 14.3. The summed E-state index contributed by atoms with van der Waals surface area (Å²) in [4.78, 5) is 41.1. The normalized spacial score (nSPS) is 19.1. The van der Waals surface area contributed by atoms with Gasteiger partial charge in [-0.1, -0.05) is 0 Å². The molecule has 0 saturated carbocycles. The van der Waals surface area contributed by atoms with Gasteiger partial charge in [0.1, 0.15) is 22.4 Å². The number of aliphatic hydroxyl groups is 1. The average molecular weight is 424 g/mol. The Balaban J connectivity index is 1.86. The summed E-state index contributed by atoms with van der Waals surface area (Å²) in [5, 5.41) is 19.5. The van der Waals surface area contributed by atoms with Gasteiger partial charge < -0.3 is 15.1 Å². The van der Waals surface area contributed by atoms with Crippen LogP contribution in [0.3, 0.4) is 0 Å². The second-order valence-electron chi connectivity index (χ2n) is 7.05. The Bertz CT molecular complexity index is 1020. The van der Waals surface area contributed by atoms with Gasteiger partial charge in [0.25, 0.3) is 5.91 Å². The first-order chi connectivity index (χ1) is 13.5. The van der Waals surface area contributed by atoms with Gasteiger partial charge in [0.05, 0.1) is 0 Å². The molecule has 0 spiro atoms. The molecular formula is C19H18F2N2O5S. The zero-order chi connectivity index (χ0) is 21.5. The molecule has 0 bridgehead atoms. The first-order valence-corrected chi connectivity index (χ1v) is 9.52. The molecule has 0 aliphatic carbocycles. The van der Waals surface area contributed by atoms with Crippen molar-refractivity contribution < 1.29 is 33.4 Å². The van der Waals surface area contributed by atoms with E-state index < -0.39 is 47.7 Å². The molecule has 1 aromatic heterocycles. The van der Waals surface area contributed by atoms with Gasteiger partial charge in [-0.05, 0) is 18.6 Å². The Morgan fingerprint density at radius 3 is 2.55 bits per heavy atom. The lowest BCUT2D eigenvalue weighted by molar-refractivity contribution is -0.146. The fourth-order valence-corrected chi connectivity index (χ4v) is 4.21. The number of hydrogen-bond acceptors (Lipinski definition) is 6. The molecule has 1 amide bonds. The quantitative estimate of drug-likeness (QED) is 0.736. The minimum absolute atomic E-state index is 0.0531. The monoisotopic (exact) mass is 424 g/mol. The zero-order valence-corrected chi connectivity index (χ0v) is 16.5. The number of amides is 1. The van der Waals surface area contributed by atoms with Gasteiger partial charge >= 0.3 is 5.97 Å². The molecule has 1 aromatic carbocycles. The molecule has 1 aliphatic rings. The minimum atomic E-state index is -1.81. The van der Waals surface area contributed by atoms with E-state index in [-0.39, 0.29) is 28.2 Å².